The van der Waals surface area contributed by atoms with Crippen LogP contribution in [0.25, 0.3) is 5.82 Å². The van der Waals surface area contributed by atoms with E-state index in [1.54, 1.807) is 12.1 Å². The fourth-order valence-electron chi connectivity index (χ4n) is 3.22. The number of rotatable bonds is 10. The number of nitrogens with one attached hydrogen (secondary N) is 1. The molecular formula is C22H22N8O5S. The lowest BCUT2D eigenvalue weighted by molar-refractivity contribution is 0.0949. The summed E-state index contributed by atoms with van der Waals surface area (Å²) in [5, 5.41) is 19.5. The molecule has 4 aromatic rings. The summed E-state index contributed by atoms with van der Waals surface area (Å²) in [6.07, 6.45) is 1.42. The van der Waals surface area contributed by atoms with Crippen LogP contribution >= 0.6 is 11.8 Å². The minimum Gasteiger partial charge on any atom is -0.493 e. The summed E-state index contributed by atoms with van der Waals surface area (Å²) < 4.78 is 22.1. The number of nitrogens with zero attached hydrogens (tertiary/aromatic N) is 6. The monoisotopic (exact) mass is 510 g/mol. The lowest BCUT2D eigenvalue weighted by atomic mass is 10.2. The summed E-state index contributed by atoms with van der Waals surface area (Å²) in [7, 11) is 4.51. The Morgan fingerprint density at radius 2 is 1.89 bits per heavy atom. The predicted molar refractivity (Wildman–Crippen MR) is 131 cm³/mol. The van der Waals surface area contributed by atoms with Gasteiger partial charge in [-0.1, -0.05) is 23.4 Å². The van der Waals surface area contributed by atoms with Crippen molar-refractivity contribution in [3.8, 4) is 23.1 Å². The van der Waals surface area contributed by atoms with Gasteiger partial charge in [0.1, 0.15) is 0 Å². The fourth-order valence-corrected chi connectivity index (χ4v) is 4.14. The van der Waals surface area contributed by atoms with E-state index in [2.05, 4.69) is 35.8 Å². The number of benzene rings is 2. The number of carbonyl (C=O) groups is 1. The van der Waals surface area contributed by atoms with Crippen LogP contribution in [0.3, 0.4) is 0 Å². The molecule has 2 aromatic heterocycles. The molecule has 0 fully saturated rings. The molecule has 14 heteroatoms. The standard InChI is InChI=1S/C22H22N8O5S/c1-32-16-10-9-13(18(33-2)19(16)34-3)11-24-26-22(31)17-15(12-36-14-7-5-4-6-8-14)30(29-25-17)21-20(23)27-35-28-21/h4-11H,12H2,1-3H3,(H2,23,27)(H,26,31)/b24-11-. The topological polar surface area (TPSA) is 165 Å². The molecule has 0 unspecified atom stereocenters. The number of nitrogens with two attached hydrogens (primary N) is 1. The van der Waals surface area contributed by atoms with Crippen LogP contribution in [0.2, 0.25) is 0 Å². The minimum absolute atomic E-state index is 0.0105. The third-order valence-corrected chi connectivity index (χ3v) is 5.92. The van der Waals surface area contributed by atoms with Gasteiger partial charge < -0.3 is 19.9 Å². The summed E-state index contributed by atoms with van der Waals surface area (Å²) in [5.41, 5.74) is 9.32. The first-order valence-corrected chi connectivity index (χ1v) is 11.4. The Hall–Kier alpha value is -4.59. The number of hydrogen-bond donors (Lipinski definition) is 2. The van der Waals surface area contributed by atoms with Crippen molar-refractivity contribution in [2.45, 2.75) is 10.6 Å². The van der Waals surface area contributed by atoms with Gasteiger partial charge in [0.25, 0.3) is 5.91 Å². The van der Waals surface area contributed by atoms with E-state index in [1.165, 1.54) is 44.0 Å². The number of anilines is 1. The first-order chi connectivity index (χ1) is 17.6. The van der Waals surface area contributed by atoms with Crippen molar-refractivity contribution in [3.05, 3.63) is 59.4 Å². The number of methoxy groups -OCH3 is 3. The van der Waals surface area contributed by atoms with Gasteiger partial charge in [-0.05, 0) is 34.6 Å². The molecule has 186 valence electrons. The SMILES string of the molecule is COc1ccc(/C=N\NC(=O)c2nnn(-c3nonc3N)c2CSc2ccccc2)c(OC)c1OC. The van der Waals surface area contributed by atoms with Crippen molar-refractivity contribution >= 4 is 29.7 Å². The van der Waals surface area contributed by atoms with E-state index in [-0.39, 0.29) is 17.3 Å². The number of thioether (sulfide) groups is 1. The van der Waals surface area contributed by atoms with Gasteiger partial charge in [-0.15, -0.1) is 16.9 Å². The van der Waals surface area contributed by atoms with Gasteiger partial charge in [0.05, 0.1) is 33.2 Å². The van der Waals surface area contributed by atoms with Crippen molar-refractivity contribution in [2.24, 2.45) is 5.10 Å². The Morgan fingerprint density at radius 3 is 2.56 bits per heavy atom. The van der Waals surface area contributed by atoms with E-state index in [0.717, 1.165) is 4.90 Å². The third-order valence-electron chi connectivity index (χ3n) is 4.90. The van der Waals surface area contributed by atoms with E-state index < -0.39 is 5.91 Å². The maximum Gasteiger partial charge on any atom is 0.293 e. The van der Waals surface area contributed by atoms with Gasteiger partial charge in [-0.3, -0.25) is 4.79 Å². The highest BCUT2D eigenvalue weighted by atomic mass is 32.2. The van der Waals surface area contributed by atoms with Gasteiger partial charge in [0, 0.05) is 16.2 Å². The average Bonchev–Trinajstić information content (AvgIpc) is 3.52. The minimum atomic E-state index is -0.587. The Bertz CT molecular complexity index is 1370. The van der Waals surface area contributed by atoms with Gasteiger partial charge in [-0.2, -0.15) is 9.78 Å². The van der Waals surface area contributed by atoms with Crippen molar-refractivity contribution in [3.63, 3.8) is 0 Å². The fraction of sp³-hybridized carbons (Fsp3) is 0.182. The van der Waals surface area contributed by atoms with Crippen LogP contribution in [0.5, 0.6) is 17.2 Å². The summed E-state index contributed by atoms with van der Waals surface area (Å²) >= 11 is 1.48. The van der Waals surface area contributed by atoms with Crippen molar-refractivity contribution in [1.82, 2.24) is 30.7 Å². The maximum atomic E-state index is 13.0. The summed E-state index contributed by atoms with van der Waals surface area (Å²) in [6.45, 7) is 0. The van der Waals surface area contributed by atoms with Gasteiger partial charge in [-0.25, -0.2) is 10.1 Å². The van der Waals surface area contributed by atoms with E-state index in [1.807, 2.05) is 30.3 Å². The predicted octanol–water partition coefficient (Wildman–Crippen LogP) is 2.31. The van der Waals surface area contributed by atoms with Crippen LogP contribution in [0.4, 0.5) is 5.82 Å². The Kier molecular flexibility index (Phi) is 7.65. The molecule has 0 saturated carbocycles. The second kappa shape index (κ2) is 11.2. The number of nitrogen functional groups attached to an aromatic ring is 1. The summed E-state index contributed by atoms with van der Waals surface area (Å²) in [4.78, 5) is 14.0. The Balaban J connectivity index is 1.59. The molecular weight excluding hydrogens is 488 g/mol. The number of carbonyl (C=O) groups excluding carboxylic acids is 1. The summed E-state index contributed by atoms with van der Waals surface area (Å²) in [6, 6.07) is 13.1. The quantitative estimate of drug-likeness (QED) is 0.183. The zero-order valence-corrected chi connectivity index (χ0v) is 20.4. The highest BCUT2D eigenvalue weighted by Crippen LogP contribution is 2.39. The van der Waals surface area contributed by atoms with Crippen LogP contribution in [-0.2, 0) is 5.75 Å². The molecule has 0 aliphatic rings. The van der Waals surface area contributed by atoms with Gasteiger partial charge in [0.2, 0.25) is 17.4 Å². The second-order valence-electron chi connectivity index (χ2n) is 6.99. The second-order valence-corrected chi connectivity index (χ2v) is 8.04. The smallest absolute Gasteiger partial charge is 0.293 e. The van der Waals surface area contributed by atoms with E-state index in [0.29, 0.717) is 34.3 Å². The number of ether oxygens (including phenoxy) is 3. The molecule has 0 atom stereocenters. The lowest BCUT2D eigenvalue weighted by Gasteiger charge is -2.13. The number of hydrazone groups is 1. The first kappa shape index (κ1) is 24.5. The molecule has 0 aliphatic heterocycles. The zero-order valence-electron chi connectivity index (χ0n) is 19.5. The van der Waals surface area contributed by atoms with Crippen LogP contribution in [-0.4, -0.2) is 58.8 Å². The molecule has 36 heavy (non-hydrogen) atoms. The van der Waals surface area contributed by atoms with Crippen LogP contribution < -0.4 is 25.4 Å². The molecule has 0 spiro atoms. The van der Waals surface area contributed by atoms with E-state index in [4.69, 9.17) is 19.9 Å². The van der Waals surface area contributed by atoms with Crippen molar-refractivity contribution in [1.29, 1.82) is 0 Å². The van der Waals surface area contributed by atoms with E-state index in [9.17, 15) is 4.79 Å². The van der Waals surface area contributed by atoms with Gasteiger partial charge >= 0.3 is 0 Å². The maximum absolute atomic E-state index is 13.0. The highest BCUT2D eigenvalue weighted by molar-refractivity contribution is 7.98. The molecule has 0 bridgehead atoms. The Labute approximate surface area is 209 Å². The van der Waals surface area contributed by atoms with Crippen molar-refractivity contribution < 1.29 is 23.6 Å². The average molecular weight is 511 g/mol. The number of hydrogen-bond acceptors (Lipinski definition) is 12. The van der Waals surface area contributed by atoms with E-state index >= 15 is 0 Å². The normalized spacial score (nSPS) is 11.0. The van der Waals surface area contributed by atoms with Gasteiger partial charge in [0.15, 0.2) is 17.2 Å². The highest BCUT2D eigenvalue weighted by Gasteiger charge is 2.24. The number of aromatic nitrogens is 5. The number of amides is 1. The molecule has 0 saturated heterocycles. The van der Waals surface area contributed by atoms with Crippen LogP contribution in [0, 0.1) is 0 Å². The molecule has 4 rings (SSSR count). The lowest BCUT2D eigenvalue weighted by Crippen LogP contribution is -2.20. The third kappa shape index (κ3) is 5.07. The molecule has 2 heterocycles. The molecule has 1 amide bonds. The zero-order chi connectivity index (χ0) is 25.5. The molecule has 0 aliphatic carbocycles. The van der Waals surface area contributed by atoms with Crippen LogP contribution in [0.15, 0.2) is 57.1 Å². The molecule has 0 radical (unpaired) electrons. The largest absolute Gasteiger partial charge is 0.493 e. The van der Waals surface area contributed by atoms with Crippen molar-refractivity contribution in [2.75, 3.05) is 27.1 Å². The molecule has 3 N–H and O–H groups in total. The molecule has 13 nitrogen and oxygen atoms in total. The van der Waals surface area contributed by atoms with Crippen LogP contribution in [0.1, 0.15) is 21.7 Å². The molecule has 2 aromatic carbocycles. The summed E-state index contributed by atoms with van der Waals surface area (Å²) in [5.74, 6) is 1.18. The first-order valence-electron chi connectivity index (χ1n) is 10.4. The Morgan fingerprint density at radius 1 is 1.11 bits per heavy atom.